The largest absolute Gasteiger partial charge is 0.388 e. The Balaban J connectivity index is 2.25. The standard InChI is InChI=1S/C14H13ClINO/c1-9-3-2-4-11(14(9)16)13(18)7-10-5-6-17-8-12(10)15/h2-6,8,13,18H,7H2,1H3. The molecule has 0 aliphatic carbocycles. The van der Waals surface area contributed by atoms with Crippen molar-refractivity contribution in [3.8, 4) is 0 Å². The molecule has 0 fully saturated rings. The van der Waals surface area contributed by atoms with E-state index in [9.17, 15) is 5.11 Å². The summed E-state index contributed by atoms with van der Waals surface area (Å²) < 4.78 is 1.10. The smallest absolute Gasteiger partial charge is 0.0841 e. The second-order valence-corrected chi connectivity index (χ2v) is 5.65. The molecule has 0 radical (unpaired) electrons. The third kappa shape index (κ3) is 3.02. The number of benzene rings is 1. The van der Waals surface area contributed by atoms with Crippen LogP contribution in [0.25, 0.3) is 0 Å². The van der Waals surface area contributed by atoms with E-state index >= 15 is 0 Å². The van der Waals surface area contributed by atoms with Crippen molar-refractivity contribution in [1.82, 2.24) is 4.98 Å². The van der Waals surface area contributed by atoms with Gasteiger partial charge in [-0.3, -0.25) is 4.98 Å². The van der Waals surface area contributed by atoms with Gasteiger partial charge >= 0.3 is 0 Å². The van der Waals surface area contributed by atoms with Gasteiger partial charge in [-0.1, -0.05) is 29.8 Å². The molecule has 0 saturated carbocycles. The second kappa shape index (κ2) is 5.99. The monoisotopic (exact) mass is 373 g/mol. The van der Waals surface area contributed by atoms with Gasteiger partial charge in [0.2, 0.25) is 0 Å². The number of aliphatic hydroxyl groups excluding tert-OH is 1. The van der Waals surface area contributed by atoms with Crippen LogP contribution in [0.3, 0.4) is 0 Å². The predicted molar refractivity (Wildman–Crippen MR) is 81.8 cm³/mol. The molecule has 94 valence electrons. The highest BCUT2D eigenvalue weighted by Gasteiger charge is 2.14. The number of pyridine rings is 1. The summed E-state index contributed by atoms with van der Waals surface area (Å²) in [6.07, 6.45) is 3.25. The number of aryl methyl sites for hydroxylation is 1. The zero-order chi connectivity index (χ0) is 13.1. The third-order valence-corrected chi connectivity index (χ3v) is 4.66. The number of nitrogens with zero attached hydrogens (tertiary/aromatic N) is 1. The summed E-state index contributed by atoms with van der Waals surface area (Å²) in [7, 11) is 0. The molecular weight excluding hydrogens is 361 g/mol. The number of halogens is 2. The maximum absolute atomic E-state index is 10.3. The maximum Gasteiger partial charge on any atom is 0.0841 e. The van der Waals surface area contributed by atoms with Crippen molar-refractivity contribution >= 4 is 34.2 Å². The molecule has 1 heterocycles. The highest BCUT2D eigenvalue weighted by molar-refractivity contribution is 14.1. The average Bonchev–Trinajstić information content (AvgIpc) is 2.35. The van der Waals surface area contributed by atoms with Crippen LogP contribution in [0.4, 0.5) is 0 Å². The van der Waals surface area contributed by atoms with Gasteiger partial charge in [0.05, 0.1) is 11.1 Å². The minimum atomic E-state index is -0.545. The fourth-order valence-corrected chi connectivity index (χ4v) is 2.73. The lowest BCUT2D eigenvalue weighted by Crippen LogP contribution is -2.05. The van der Waals surface area contributed by atoms with Crippen LogP contribution in [0.5, 0.6) is 0 Å². The maximum atomic E-state index is 10.3. The SMILES string of the molecule is Cc1cccc(C(O)Cc2ccncc2Cl)c1I. The molecule has 0 amide bonds. The summed E-state index contributed by atoms with van der Waals surface area (Å²) in [6, 6.07) is 7.80. The summed E-state index contributed by atoms with van der Waals surface area (Å²) >= 11 is 8.32. The third-order valence-electron chi connectivity index (χ3n) is 2.85. The number of hydrogen-bond donors (Lipinski definition) is 1. The molecule has 1 aromatic carbocycles. The van der Waals surface area contributed by atoms with Crippen LogP contribution in [0.15, 0.2) is 36.7 Å². The van der Waals surface area contributed by atoms with Crippen molar-refractivity contribution in [2.45, 2.75) is 19.4 Å². The van der Waals surface area contributed by atoms with Crippen molar-refractivity contribution in [3.63, 3.8) is 0 Å². The minimum absolute atomic E-state index is 0.501. The van der Waals surface area contributed by atoms with Gasteiger partial charge in [-0.05, 0) is 52.3 Å². The molecular formula is C14H13ClINO. The molecule has 4 heteroatoms. The van der Waals surface area contributed by atoms with E-state index in [0.29, 0.717) is 11.4 Å². The fraction of sp³-hybridized carbons (Fsp3) is 0.214. The van der Waals surface area contributed by atoms with Gasteiger partial charge in [0.25, 0.3) is 0 Å². The van der Waals surface area contributed by atoms with Gasteiger partial charge in [-0.25, -0.2) is 0 Å². The molecule has 0 aliphatic heterocycles. The lowest BCUT2D eigenvalue weighted by atomic mass is 10.0. The van der Waals surface area contributed by atoms with Crippen molar-refractivity contribution in [2.75, 3.05) is 0 Å². The molecule has 0 spiro atoms. The van der Waals surface area contributed by atoms with Gasteiger partial charge in [0.1, 0.15) is 0 Å². The Kier molecular flexibility index (Phi) is 4.59. The van der Waals surface area contributed by atoms with E-state index in [1.165, 1.54) is 5.56 Å². The van der Waals surface area contributed by atoms with Crippen LogP contribution in [-0.2, 0) is 6.42 Å². The summed E-state index contributed by atoms with van der Waals surface area (Å²) in [5.41, 5.74) is 3.04. The first kappa shape index (κ1) is 13.8. The van der Waals surface area contributed by atoms with E-state index in [0.717, 1.165) is 14.7 Å². The van der Waals surface area contributed by atoms with Crippen molar-refractivity contribution < 1.29 is 5.11 Å². The Bertz CT molecular complexity index is 559. The lowest BCUT2D eigenvalue weighted by Gasteiger charge is -2.15. The second-order valence-electron chi connectivity index (χ2n) is 4.17. The van der Waals surface area contributed by atoms with Crippen molar-refractivity contribution in [3.05, 3.63) is 61.9 Å². The van der Waals surface area contributed by atoms with E-state index in [2.05, 4.69) is 27.6 Å². The molecule has 0 aliphatic rings. The van der Waals surface area contributed by atoms with Crippen LogP contribution >= 0.6 is 34.2 Å². The molecule has 2 rings (SSSR count). The van der Waals surface area contributed by atoms with Gasteiger partial charge in [-0.15, -0.1) is 0 Å². The van der Waals surface area contributed by atoms with Crippen LogP contribution in [0, 0.1) is 10.5 Å². The number of rotatable bonds is 3. The molecule has 1 N–H and O–H groups in total. The molecule has 0 bridgehead atoms. The highest BCUT2D eigenvalue weighted by Crippen LogP contribution is 2.27. The predicted octanol–water partition coefficient (Wildman–Crippen LogP) is 3.92. The number of hydrogen-bond acceptors (Lipinski definition) is 2. The van der Waals surface area contributed by atoms with Crippen molar-refractivity contribution in [1.29, 1.82) is 0 Å². The summed E-state index contributed by atoms with van der Waals surface area (Å²) in [5, 5.41) is 10.9. The molecule has 2 aromatic rings. The summed E-state index contributed by atoms with van der Waals surface area (Å²) in [6.45, 7) is 2.04. The Labute approximate surface area is 125 Å². The topological polar surface area (TPSA) is 33.1 Å². The van der Waals surface area contributed by atoms with E-state index in [1.54, 1.807) is 12.4 Å². The van der Waals surface area contributed by atoms with Crippen LogP contribution in [-0.4, -0.2) is 10.1 Å². The van der Waals surface area contributed by atoms with E-state index in [4.69, 9.17) is 11.6 Å². The molecule has 1 aromatic heterocycles. The Morgan fingerprint density at radius 2 is 2.17 bits per heavy atom. The molecule has 2 nitrogen and oxygen atoms in total. The first-order valence-corrected chi connectivity index (χ1v) is 7.06. The normalized spacial score (nSPS) is 12.4. The summed E-state index contributed by atoms with van der Waals surface area (Å²) in [4.78, 5) is 3.94. The Morgan fingerprint density at radius 1 is 1.39 bits per heavy atom. The molecule has 18 heavy (non-hydrogen) atoms. The fourth-order valence-electron chi connectivity index (χ4n) is 1.82. The first-order valence-electron chi connectivity index (χ1n) is 5.61. The summed E-state index contributed by atoms with van der Waals surface area (Å²) in [5.74, 6) is 0. The van der Waals surface area contributed by atoms with Gasteiger partial charge in [-0.2, -0.15) is 0 Å². The van der Waals surface area contributed by atoms with E-state index < -0.39 is 6.10 Å². The van der Waals surface area contributed by atoms with Crippen LogP contribution in [0.2, 0.25) is 5.02 Å². The molecule has 1 unspecified atom stereocenters. The Morgan fingerprint density at radius 3 is 2.89 bits per heavy atom. The van der Waals surface area contributed by atoms with Crippen LogP contribution in [0.1, 0.15) is 22.8 Å². The van der Waals surface area contributed by atoms with E-state index in [-0.39, 0.29) is 0 Å². The highest BCUT2D eigenvalue weighted by atomic mass is 127. The number of aliphatic hydroxyl groups is 1. The Hall–Kier alpha value is -0.650. The zero-order valence-electron chi connectivity index (χ0n) is 9.90. The number of aromatic nitrogens is 1. The first-order chi connectivity index (χ1) is 8.59. The van der Waals surface area contributed by atoms with Crippen molar-refractivity contribution in [2.24, 2.45) is 0 Å². The van der Waals surface area contributed by atoms with Crippen LogP contribution < -0.4 is 0 Å². The van der Waals surface area contributed by atoms with Gasteiger partial charge in [0, 0.05) is 22.4 Å². The molecule has 1 atom stereocenters. The lowest BCUT2D eigenvalue weighted by molar-refractivity contribution is 0.177. The quantitative estimate of drug-likeness (QED) is 0.827. The minimum Gasteiger partial charge on any atom is -0.388 e. The van der Waals surface area contributed by atoms with Gasteiger partial charge < -0.3 is 5.11 Å². The molecule has 0 saturated heterocycles. The zero-order valence-corrected chi connectivity index (χ0v) is 12.8. The average molecular weight is 374 g/mol. The van der Waals surface area contributed by atoms with Gasteiger partial charge in [0.15, 0.2) is 0 Å². The van der Waals surface area contributed by atoms with E-state index in [1.807, 2.05) is 31.2 Å².